The fourth-order valence-corrected chi connectivity index (χ4v) is 4.74. The van der Waals surface area contributed by atoms with E-state index >= 15 is 0 Å². The fourth-order valence-electron chi connectivity index (χ4n) is 3.02. The van der Waals surface area contributed by atoms with Crippen LogP contribution in [0.1, 0.15) is 10.4 Å². The molecule has 4 aromatic rings. The lowest BCUT2D eigenvalue weighted by Gasteiger charge is -2.09. The maximum atomic E-state index is 12.6. The van der Waals surface area contributed by atoms with Crippen LogP contribution in [-0.4, -0.2) is 34.9 Å². The molecule has 0 bridgehead atoms. The molecule has 0 spiro atoms. The molecule has 7 nitrogen and oxygen atoms in total. The number of rotatable bonds is 8. The average Bonchev–Trinajstić information content (AvgIpc) is 3.31. The largest absolute Gasteiger partial charge is 0.495 e. The second-order valence-electron chi connectivity index (χ2n) is 6.95. The van der Waals surface area contributed by atoms with Crippen LogP contribution in [0.25, 0.3) is 11.1 Å². The van der Waals surface area contributed by atoms with Gasteiger partial charge in [0.15, 0.2) is 4.34 Å². The van der Waals surface area contributed by atoms with Gasteiger partial charge in [0.1, 0.15) is 5.75 Å². The highest BCUT2D eigenvalue weighted by Gasteiger charge is 2.13. The molecule has 0 aliphatic rings. The molecule has 10 heteroatoms. The molecule has 0 saturated carbocycles. The molecule has 2 N–H and O–H groups in total. The molecule has 0 atom stereocenters. The van der Waals surface area contributed by atoms with Crippen LogP contribution in [0.2, 0.25) is 5.02 Å². The van der Waals surface area contributed by atoms with E-state index in [0.29, 0.717) is 31.5 Å². The monoisotopic (exact) mass is 510 g/mol. The van der Waals surface area contributed by atoms with Crippen molar-refractivity contribution in [3.05, 3.63) is 83.4 Å². The number of aromatic nitrogens is 2. The van der Waals surface area contributed by atoms with Gasteiger partial charge in [-0.25, -0.2) is 0 Å². The Morgan fingerprint density at radius 3 is 2.44 bits per heavy atom. The lowest BCUT2D eigenvalue weighted by Crippen LogP contribution is -2.14. The number of anilines is 2. The minimum Gasteiger partial charge on any atom is -0.495 e. The van der Waals surface area contributed by atoms with E-state index in [1.807, 2.05) is 42.5 Å². The maximum Gasteiger partial charge on any atom is 0.257 e. The van der Waals surface area contributed by atoms with E-state index in [1.165, 1.54) is 30.2 Å². The van der Waals surface area contributed by atoms with Gasteiger partial charge in [0.05, 0.1) is 18.6 Å². The number of methoxy groups -OCH3 is 1. The predicted molar refractivity (Wildman–Crippen MR) is 137 cm³/mol. The molecular weight excluding hydrogens is 492 g/mol. The molecule has 0 radical (unpaired) electrons. The van der Waals surface area contributed by atoms with Gasteiger partial charge in [-0.15, -0.1) is 10.2 Å². The number of carbonyl (C=O) groups excluding carboxylic acids is 2. The molecule has 4 rings (SSSR count). The molecule has 2 amide bonds. The Bertz CT molecular complexity index is 1300. The summed E-state index contributed by atoms with van der Waals surface area (Å²) in [5, 5.41) is 14.4. The second kappa shape index (κ2) is 11.1. The van der Waals surface area contributed by atoms with E-state index in [4.69, 9.17) is 16.3 Å². The van der Waals surface area contributed by atoms with Crippen molar-refractivity contribution >= 4 is 57.3 Å². The molecule has 1 heterocycles. The summed E-state index contributed by atoms with van der Waals surface area (Å²) in [6.45, 7) is 0. The first kappa shape index (κ1) is 23.7. The van der Waals surface area contributed by atoms with Crippen LogP contribution in [0.3, 0.4) is 0 Å². The molecule has 0 fully saturated rings. The van der Waals surface area contributed by atoms with Gasteiger partial charge in [-0.1, -0.05) is 77.2 Å². The molecule has 0 aliphatic carbocycles. The second-order valence-corrected chi connectivity index (χ2v) is 9.59. The van der Waals surface area contributed by atoms with Gasteiger partial charge in [-0.05, 0) is 41.5 Å². The maximum absolute atomic E-state index is 12.6. The van der Waals surface area contributed by atoms with Gasteiger partial charge in [0.25, 0.3) is 5.91 Å². The quantitative estimate of drug-likeness (QED) is 0.228. The lowest BCUT2D eigenvalue weighted by molar-refractivity contribution is -0.113. The van der Waals surface area contributed by atoms with Crippen LogP contribution in [0.15, 0.2) is 77.1 Å². The number of thioether (sulfide) groups is 1. The van der Waals surface area contributed by atoms with Gasteiger partial charge < -0.3 is 10.1 Å². The van der Waals surface area contributed by atoms with Crippen molar-refractivity contribution in [2.24, 2.45) is 0 Å². The number of amides is 2. The molecule has 34 heavy (non-hydrogen) atoms. The first-order valence-corrected chi connectivity index (χ1v) is 12.3. The van der Waals surface area contributed by atoms with Crippen LogP contribution in [0.4, 0.5) is 10.8 Å². The summed E-state index contributed by atoms with van der Waals surface area (Å²) in [6.07, 6.45) is 0. The van der Waals surface area contributed by atoms with E-state index in [2.05, 4.69) is 20.8 Å². The zero-order valence-corrected chi connectivity index (χ0v) is 20.3. The topological polar surface area (TPSA) is 93.2 Å². The van der Waals surface area contributed by atoms with Crippen LogP contribution in [0.5, 0.6) is 5.75 Å². The van der Waals surface area contributed by atoms with E-state index in [9.17, 15) is 9.59 Å². The Labute approximate surface area is 209 Å². The number of carbonyl (C=O) groups is 2. The number of halogens is 1. The van der Waals surface area contributed by atoms with Crippen molar-refractivity contribution in [1.29, 1.82) is 0 Å². The van der Waals surface area contributed by atoms with Gasteiger partial charge in [0, 0.05) is 10.6 Å². The smallest absolute Gasteiger partial charge is 0.257 e. The molecule has 0 unspecified atom stereocenters. The van der Waals surface area contributed by atoms with E-state index in [-0.39, 0.29) is 17.6 Å². The van der Waals surface area contributed by atoms with Crippen molar-refractivity contribution < 1.29 is 14.3 Å². The summed E-state index contributed by atoms with van der Waals surface area (Å²) in [5.74, 6) is 0.0996. The Morgan fingerprint density at radius 1 is 0.971 bits per heavy atom. The number of hydrogen-bond donors (Lipinski definition) is 2. The summed E-state index contributed by atoms with van der Waals surface area (Å²) >= 11 is 8.41. The van der Waals surface area contributed by atoms with Gasteiger partial charge in [0.2, 0.25) is 11.0 Å². The van der Waals surface area contributed by atoms with E-state index < -0.39 is 0 Å². The van der Waals surface area contributed by atoms with E-state index in [1.54, 1.807) is 30.3 Å². The van der Waals surface area contributed by atoms with Crippen molar-refractivity contribution in [2.75, 3.05) is 23.5 Å². The van der Waals surface area contributed by atoms with Crippen molar-refractivity contribution in [2.45, 2.75) is 4.34 Å². The fraction of sp³-hybridized carbons (Fsp3) is 0.0833. The minimum absolute atomic E-state index is 0.110. The Kier molecular flexibility index (Phi) is 7.79. The van der Waals surface area contributed by atoms with E-state index in [0.717, 1.165) is 11.1 Å². The summed E-state index contributed by atoms with van der Waals surface area (Å²) in [6, 6.07) is 22.3. The highest BCUT2D eigenvalue weighted by molar-refractivity contribution is 8.01. The summed E-state index contributed by atoms with van der Waals surface area (Å²) in [5.41, 5.74) is 3.11. The summed E-state index contributed by atoms with van der Waals surface area (Å²) < 4.78 is 5.79. The standard InChI is InChI=1S/C24H19ClN4O3S2/c1-32-20-12-11-18(25)13-19(20)26-21(30)14-33-24-29-28-23(34-24)27-22(31)17-9-7-16(8-10-17)15-5-3-2-4-6-15/h2-13H,14H2,1H3,(H,26,30)(H,27,28,31). The van der Waals surface area contributed by atoms with Crippen LogP contribution >= 0.6 is 34.7 Å². The molecule has 1 aromatic heterocycles. The zero-order chi connectivity index (χ0) is 23.9. The molecule has 0 aliphatic heterocycles. The van der Waals surface area contributed by atoms with Crippen LogP contribution < -0.4 is 15.4 Å². The zero-order valence-electron chi connectivity index (χ0n) is 17.9. The van der Waals surface area contributed by atoms with Crippen LogP contribution in [0, 0.1) is 0 Å². The Morgan fingerprint density at radius 2 is 1.71 bits per heavy atom. The van der Waals surface area contributed by atoms with Gasteiger partial charge in [-0.3, -0.25) is 14.9 Å². The Balaban J connectivity index is 1.31. The highest BCUT2D eigenvalue weighted by atomic mass is 35.5. The average molecular weight is 511 g/mol. The molecule has 0 saturated heterocycles. The van der Waals surface area contributed by atoms with Gasteiger partial charge in [-0.2, -0.15) is 0 Å². The number of nitrogens with zero attached hydrogens (tertiary/aromatic N) is 2. The third kappa shape index (κ3) is 6.13. The van der Waals surface area contributed by atoms with Crippen molar-refractivity contribution in [3.63, 3.8) is 0 Å². The summed E-state index contributed by atoms with van der Waals surface area (Å²) in [4.78, 5) is 24.9. The number of ether oxygens (including phenoxy) is 1. The normalized spacial score (nSPS) is 10.5. The minimum atomic E-state index is -0.280. The van der Waals surface area contributed by atoms with Crippen molar-refractivity contribution in [3.8, 4) is 16.9 Å². The van der Waals surface area contributed by atoms with Gasteiger partial charge >= 0.3 is 0 Å². The first-order chi connectivity index (χ1) is 16.5. The number of hydrogen-bond acceptors (Lipinski definition) is 7. The molecule has 3 aromatic carbocycles. The first-order valence-electron chi connectivity index (χ1n) is 10.1. The van der Waals surface area contributed by atoms with Crippen molar-refractivity contribution in [1.82, 2.24) is 10.2 Å². The molecule has 172 valence electrons. The third-order valence-corrected chi connectivity index (χ3v) is 6.85. The number of nitrogens with one attached hydrogen (secondary N) is 2. The van der Waals surface area contributed by atoms with Crippen LogP contribution in [-0.2, 0) is 4.79 Å². The number of benzene rings is 3. The Hall–Kier alpha value is -3.40. The molecular formula is C24H19ClN4O3S2. The highest BCUT2D eigenvalue weighted by Crippen LogP contribution is 2.29. The lowest BCUT2D eigenvalue weighted by atomic mass is 10.0. The predicted octanol–water partition coefficient (Wildman–Crippen LogP) is 5.85. The third-order valence-electron chi connectivity index (χ3n) is 4.64. The summed E-state index contributed by atoms with van der Waals surface area (Å²) in [7, 11) is 1.52. The SMILES string of the molecule is COc1ccc(Cl)cc1NC(=O)CSc1nnc(NC(=O)c2ccc(-c3ccccc3)cc2)s1.